The van der Waals surface area contributed by atoms with Crippen LogP contribution in [-0.2, 0) is 30.4 Å². The first-order chi connectivity index (χ1) is 19.1. The van der Waals surface area contributed by atoms with E-state index in [4.69, 9.17) is 16.9 Å². The van der Waals surface area contributed by atoms with Crippen molar-refractivity contribution in [1.29, 1.82) is 5.41 Å². The quantitative estimate of drug-likeness (QED) is 0.0594. The Kier molecular flexibility index (Phi) is 12.8. The largest absolute Gasteiger partial charge is 0.480 e. The van der Waals surface area contributed by atoms with Crippen LogP contribution in [0.5, 0.6) is 0 Å². The second kappa shape index (κ2) is 16.0. The molecule has 220 valence electrons. The molecule has 11 N–H and O–H groups in total. The Balaban J connectivity index is 2.10. The van der Waals surface area contributed by atoms with Crippen LogP contribution in [0.25, 0.3) is 0 Å². The molecule has 0 aromatic heterocycles. The lowest BCUT2D eigenvalue weighted by molar-refractivity contribution is -0.142. The molecule has 4 amide bonds. The Bertz CT molecular complexity index is 1050. The smallest absolute Gasteiger partial charge is 0.326 e. The van der Waals surface area contributed by atoms with Gasteiger partial charge in [0.2, 0.25) is 23.6 Å². The highest BCUT2D eigenvalue weighted by molar-refractivity contribution is 5.95. The van der Waals surface area contributed by atoms with E-state index in [-0.39, 0.29) is 31.9 Å². The van der Waals surface area contributed by atoms with Crippen LogP contribution in [0.15, 0.2) is 30.3 Å². The summed E-state index contributed by atoms with van der Waals surface area (Å²) < 4.78 is 0. The average molecular weight is 563 g/mol. The minimum atomic E-state index is -1.50. The number of benzene rings is 1. The Morgan fingerprint density at radius 3 is 2.27 bits per heavy atom. The van der Waals surface area contributed by atoms with Crippen molar-refractivity contribution in [3.63, 3.8) is 0 Å². The fourth-order valence-electron chi connectivity index (χ4n) is 4.31. The van der Waals surface area contributed by atoms with Crippen LogP contribution in [0.2, 0.25) is 0 Å². The summed E-state index contributed by atoms with van der Waals surface area (Å²) in [6.07, 6.45) is 1.32. The van der Waals surface area contributed by atoms with E-state index in [2.05, 4.69) is 21.3 Å². The number of carboxylic acids is 1. The van der Waals surface area contributed by atoms with Crippen LogP contribution >= 0.6 is 0 Å². The van der Waals surface area contributed by atoms with Gasteiger partial charge in [-0.1, -0.05) is 30.3 Å². The molecule has 4 atom stereocenters. The Morgan fingerprint density at radius 2 is 1.68 bits per heavy atom. The second-order valence-corrected chi connectivity index (χ2v) is 9.33. The Hall–Kier alpha value is -4.24. The van der Waals surface area contributed by atoms with Crippen LogP contribution in [0.1, 0.15) is 31.2 Å². The zero-order chi connectivity index (χ0) is 29.7. The van der Waals surface area contributed by atoms with Gasteiger partial charge in [-0.3, -0.25) is 24.6 Å². The van der Waals surface area contributed by atoms with Gasteiger partial charge in [0.1, 0.15) is 24.2 Å². The maximum Gasteiger partial charge on any atom is 0.326 e. The van der Waals surface area contributed by atoms with E-state index >= 15 is 0 Å². The van der Waals surface area contributed by atoms with Crippen LogP contribution < -0.4 is 32.7 Å². The molecule has 0 unspecified atom stereocenters. The molecule has 15 heteroatoms. The van der Waals surface area contributed by atoms with Gasteiger partial charge in [0.25, 0.3) is 0 Å². The number of nitrogens with one attached hydrogen (secondary N) is 5. The predicted octanol–water partition coefficient (Wildman–Crippen LogP) is -3.03. The number of aliphatic carboxylic acids is 1. The number of aliphatic hydroxyl groups is 1. The highest BCUT2D eigenvalue weighted by Gasteiger charge is 2.36. The van der Waals surface area contributed by atoms with Crippen molar-refractivity contribution in [3.05, 3.63) is 35.9 Å². The van der Waals surface area contributed by atoms with Crippen LogP contribution in [0.4, 0.5) is 0 Å². The summed E-state index contributed by atoms with van der Waals surface area (Å²) in [7, 11) is 0. The summed E-state index contributed by atoms with van der Waals surface area (Å²) in [5.41, 5.74) is 11.4. The van der Waals surface area contributed by atoms with E-state index in [9.17, 15) is 34.2 Å². The molecule has 1 fully saturated rings. The molecule has 1 heterocycles. The molecule has 0 spiro atoms. The van der Waals surface area contributed by atoms with E-state index in [1.54, 1.807) is 30.3 Å². The number of carbonyl (C=O) groups is 5. The maximum atomic E-state index is 13.2. The molecular weight excluding hydrogens is 524 g/mol. The predicted molar refractivity (Wildman–Crippen MR) is 144 cm³/mol. The van der Waals surface area contributed by atoms with Crippen LogP contribution in [0, 0.1) is 5.41 Å². The van der Waals surface area contributed by atoms with Crippen molar-refractivity contribution in [1.82, 2.24) is 26.2 Å². The molecule has 0 aliphatic carbocycles. The van der Waals surface area contributed by atoms with Crippen molar-refractivity contribution in [2.45, 2.75) is 56.3 Å². The van der Waals surface area contributed by atoms with Gasteiger partial charge >= 0.3 is 5.97 Å². The van der Waals surface area contributed by atoms with E-state index in [1.807, 2.05) is 0 Å². The van der Waals surface area contributed by atoms with Crippen molar-refractivity contribution in [2.75, 3.05) is 26.2 Å². The summed E-state index contributed by atoms with van der Waals surface area (Å²) in [5, 5.41) is 36.5. The van der Waals surface area contributed by atoms with Crippen LogP contribution in [-0.4, -0.2) is 101 Å². The van der Waals surface area contributed by atoms with Gasteiger partial charge in [-0.15, -0.1) is 0 Å². The number of rotatable bonds is 15. The highest BCUT2D eigenvalue weighted by atomic mass is 16.4. The van der Waals surface area contributed by atoms with Gasteiger partial charge in [-0.05, 0) is 31.2 Å². The molecule has 2 rings (SSSR count). The maximum absolute atomic E-state index is 13.2. The normalized spacial score (nSPS) is 16.8. The lowest BCUT2D eigenvalue weighted by Crippen LogP contribution is -2.58. The number of hydrogen-bond acceptors (Lipinski definition) is 8. The molecular formula is C25H38N8O7. The summed E-state index contributed by atoms with van der Waals surface area (Å²) in [5.74, 6) is -4.25. The minimum absolute atomic E-state index is 0.0186. The molecule has 0 saturated carbocycles. The topological polar surface area (TPSA) is 253 Å². The first-order valence-corrected chi connectivity index (χ1v) is 12.9. The van der Waals surface area contributed by atoms with Gasteiger partial charge in [0, 0.05) is 19.5 Å². The van der Waals surface area contributed by atoms with Gasteiger partial charge in [-0.2, -0.15) is 0 Å². The van der Waals surface area contributed by atoms with E-state index in [0.717, 1.165) is 0 Å². The minimum Gasteiger partial charge on any atom is -0.480 e. The molecule has 1 aliphatic rings. The number of carbonyl (C=O) groups excluding carboxylic acids is 4. The number of nitrogens with zero attached hydrogens (tertiary/aromatic N) is 1. The number of likely N-dealkylation sites (tertiary alicyclic amines) is 1. The van der Waals surface area contributed by atoms with Gasteiger partial charge in [0.05, 0.1) is 13.2 Å². The van der Waals surface area contributed by atoms with Crippen LogP contribution in [0.3, 0.4) is 0 Å². The average Bonchev–Trinajstić information content (AvgIpc) is 3.43. The molecule has 15 nitrogen and oxygen atoms in total. The number of amides is 4. The summed E-state index contributed by atoms with van der Waals surface area (Å²) in [4.78, 5) is 64.2. The lowest BCUT2D eigenvalue weighted by atomic mass is 10.1. The number of hydrogen-bond donors (Lipinski definition) is 9. The SMILES string of the molecule is N=C(N)NCCC[C@@H](NC(=O)[C@H]1CCCN1C(=O)CN)C(=O)N[C@H](CO)C(=O)N[C@@H](Cc1ccccc1)C(=O)O. The fraction of sp³-hybridized carbons (Fsp3) is 0.520. The van der Waals surface area contributed by atoms with Crippen molar-refractivity contribution in [3.8, 4) is 0 Å². The second-order valence-electron chi connectivity index (χ2n) is 9.33. The third kappa shape index (κ3) is 9.81. The van der Waals surface area contributed by atoms with Crippen molar-refractivity contribution < 1.29 is 34.2 Å². The number of guanidine groups is 1. The summed E-state index contributed by atoms with van der Waals surface area (Å²) in [6.45, 7) is -0.517. The summed E-state index contributed by atoms with van der Waals surface area (Å²) in [6, 6.07) is 3.83. The zero-order valence-corrected chi connectivity index (χ0v) is 22.1. The number of aliphatic hydroxyl groups excluding tert-OH is 1. The van der Waals surface area contributed by atoms with E-state index in [0.29, 0.717) is 31.4 Å². The van der Waals surface area contributed by atoms with Crippen molar-refractivity contribution in [2.24, 2.45) is 11.5 Å². The van der Waals surface area contributed by atoms with Gasteiger partial charge < -0.3 is 47.8 Å². The first-order valence-electron chi connectivity index (χ1n) is 12.9. The Morgan fingerprint density at radius 1 is 1.02 bits per heavy atom. The standard InChI is InChI=1S/C25H38N8O7/c26-13-20(35)33-11-5-9-19(33)23(38)30-16(8-4-10-29-25(27)28)21(36)32-18(14-34)22(37)31-17(24(39)40)12-15-6-2-1-3-7-15/h1-3,6-7,16-19,34H,4-5,8-14,26H2,(H,30,38)(H,31,37)(H,32,36)(H,39,40)(H4,27,28,29)/t16-,17+,18-,19-/m1/s1. The molecule has 1 aliphatic heterocycles. The van der Waals surface area contributed by atoms with Gasteiger partial charge in [-0.25, -0.2) is 4.79 Å². The van der Waals surface area contributed by atoms with E-state index < -0.39 is 60.4 Å². The van der Waals surface area contributed by atoms with Gasteiger partial charge in [0.15, 0.2) is 5.96 Å². The molecule has 1 aromatic rings. The molecule has 40 heavy (non-hydrogen) atoms. The molecule has 0 bridgehead atoms. The highest BCUT2D eigenvalue weighted by Crippen LogP contribution is 2.18. The monoisotopic (exact) mass is 562 g/mol. The zero-order valence-electron chi connectivity index (χ0n) is 22.1. The molecule has 1 saturated heterocycles. The number of carboxylic acid groups (broad SMARTS) is 1. The fourth-order valence-corrected chi connectivity index (χ4v) is 4.31. The summed E-state index contributed by atoms with van der Waals surface area (Å²) >= 11 is 0. The van der Waals surface area contributed by atoms with Crippen molar-refractivity contribution >= 4 is 35.6 Å². The lowest BCUT2D eigenvalue weighted by Gasteiger charge is -2.27. The molecule has 1 aromatic carbocycles. The first kappa shape index (κ1) is 32.0. The number of nitrogens with two attached hydrogens (primary N) is 2. The van der Waals surface area contributed by atoms with E-state index in [1.165, 1.54) is 4.90 Å². The Labute approximate surface area is 231 Å². The molecule has 0 radical (unpaired) electrons. The third-order valence-electron chi connectivity index (χ3n) is 6.38. The third-order valence-corrected chi connectivity index (χ3v) is 6.38.